The van der Waals surface area contributed by atoms with Crippen LogP contribution in [0, 0.1) is 0 Å². The molecule has 1 aromatic carbocycles. The van der Waals surface area contributed by atoms with Gasteiger partial charge in [0.05, 0.1) is 24.4 Å². The lowest BCUT2D eigenvalue weighted by atomic mass is 9.72. The lowest BCUT2D eigenvalue weighted by Crippen LogP contribution is -2.36. The lowest BCUT2D eigenvalue weighted by Gasteiger charge is -2.36. The highest BCUT2D eigenvalue weighted by atomic mass is 32.1. The van der Waals surface area contributed by atoms with E-state index < -0.39 is 17.9 Å². The molecule has 2 aliphatic heterocycles. The first-order valence-electron chi connectivity index (χ1n) is 12.2. The summed E-state index contributed by atoms with van der Waals surface area (Å²) in [5.74, 6) is -1.37. The Bertz CT molecular complexity index is 1220. The third kappa shape index (κ3) is 4.75. The Kier molecular flexibility index (Phi) is 7.07. The summed E-state index contributed by atoms with van der Waals surface area (Å²) in [7, 11) is 1.33. The molecule has 188 valence electrons. The van der Waals surface area contributed by atoms with E-state index >= 15 is 0 Å². The maximum Gasteiger partial charge on any atom is 0.337 e. The van der Waals surface area contributed by atoms with Crippen LogP contribution in [0.15, 0.2) is 64.3 Å². The van der Waals surface area contributed by atoms with Gasteiger partial charge in [-0.1, -0.05) is 18.2 Å². The van der Waals surface area contributed by atoms with Crippen LogP contribution in [-0.2, 0) is 23.8 Å². The molecular weight excluding hydrogens is 478 g/mol. The van der Waals surface area contributed by atoms with E-state index in [1.54, 1.807) is 35.6 Å². The number of allylic oxidation sites excluding steroid dienone is 3. The molecule has 1 fully saturated rings. The van der Waals surface area contributed by atoms with Gasteiger partial charge in [0, 0.05) is 46.7 Å². The molecule has 5 rings (SSSR count). The van der Waals surface area contributed by atoms with Gasteiger partial charge in [-0.05, 0) is 55.3 Å². The number of nitrogens with one attached hydrogen (secondary N) is 1. The van der Waals surface area contributed by atoms with Crippen molar-refractivity contribution in [3.63, 3.8) is 0 Å². The molecule has 3 aliphatic rings. The molecule has 0 unspecified atom stereocenters. The van der Waals surface area contributed by atoms with Crippen LogP contribution in [0.3, 0.4) is 0 Å². The molecule has 7 nitrogen and oxygen atoms in total. The van der Waals surface area contributed by atoms with Crippen LogP contribution in [0.5, 0.6) is 0 Å². The summed E-state index contributed by atoms with van der Waals surface area (Å²) in [5.41, 5.74) is 3.69. The largest absolute Gasteiger partial charge is 0.465 e. The summed E-state index contributed by atoms with van der Waals surface area (Å²) in [5, 5.41) is 5.40. The number of carbonyl (C=O) groups excluding carboxylic acids is 3. The van der Waals surface area contributed by atoms with Crippen molar-refractivity contribution >= 4 is 29.1 Å². The molecular formula is C28H29NO6S. The van der Waals surface area contributed by atoms with Crippen LogP contribution in [0.4, 0.5) is 0 Å². The molecule has 1 saturated heterocycles. The van der Waals surface area contributed by atoms with Crippen LogP contribution in [-0.4, -0.2) is 44.1 Å². The molecule has 1 N–H and O–H groups in total. The van der Waals surface area contributed by atoms with Gasteiger partial charge in [0.15, 0.2) is 5.78 Å². The van der Waals surface area contributed by atoms with E-state index in [9.17, 15) is 14.4 Å². The van der Waals surface area contributed by atoms with Gasteiger partial charge in [-0.25, -0.2) is 9.59 Å². The Morgan fingerprint density at radius 1 is 1.14 bits per heavy atom. The first kappa shape index (κ1) is 24.5. The van der Waals surface area contributed by atoms with Crippen LogP contribution >= 0.6 is 11.3 Å². The highest BCUT2D eigenvalue weighted by Gasteiger charge is 2.41. The number of thiophene rings is 1. The summed E-state index contributed by atoms with van der Waals surface area (Å²) < 4.78 is 16.1. The minimum absolute atomic E-state index is 0.0149. The molecule has 0 spiro atoms. The molecule has 8 heteroatoms. The second kappa shape index (κ2) is 10.4. The number of hydrogen-bond acceptors (Lipinski definition) is 8. The van der Waals surface area contributed by atoms with E-state index in [2.05, 4.69) is 11.4 Å². The highest BCUT2D eigenvalue weighted by Crippen LogP contribution is 2.46. The summed E-state index contributed by atoms with van der Waals surface area (Å²) in [4.78, 5) is 40.2. The number of dihydropyridines is 1. The zero-order chi connectivity index (χ0) is 25.2. The van der Waals surface area contributed by atoms with E-state index in [0.717, 1.165) is 24.1 Å². The van der Waals surface area contributed by atoms with Crippen molar-refractivity contribution in [1.82, 2.24) is 5.32 Å². The average Bonchev–Trinajstić information content (AvgIpc) is 3.61. The molecule has 0 amide bonds. The fourth-order valence-electron chi connectivity index (χ4n) is 5.32. The summed E-state index contributed by atoms with van der Waals surface area (Å²) in [6, 6.07) is 11.0. The second-order valence-electron chi connectivity index (χ2n) is 9.38. The standard InChI is InChI=1S/C28H29NO6S/c1-16-24(28(32)35-15-20-5-3-11-34-20)25(17-7-9-18(10-8-17)27(31)33-2)26-21(29-16)13-19(14-22(26)30)23-6-4-12-36-23/h4,6-10,12,19-20,25,29H,3,5,11,13-15H2,1-2H3/t19-,20-,25+/m0/s1. The van der Waals surface area contributed by atoms with Gasteiger partial charge >= 0.3 is 11.9 Å². The van der Waals surface area contributed by atoms with E-state index in [1.165, 1.54) is 12.0 Å². The summed E-state index contributed by atoms with van der Waals surface area (Å²) >= 11 is 1.65. The van der Waals surface area contributed by atoms with Gasteiger partial charge in [0.25, 0.3) is 0 Å². The number of benzene rings is 1. The van der Waals surface area contributed by atoms with Crippen molar-refractivity contribution in [2.75, 3.05) is 20.3 Å². The average molecular weight is 508 g/mol. The van der Waals surface area contributed by atoms with Gasteiger partial charge in [-0.15, -0.1) is 11.3 Å². The Balaban J connectivity index is 1.51. The van der Waals surface area contributed by atoms with Crippen LogP contribution in [0.2, 0.25) is 0 Å². The van der Waals surface area contributed by atoms with Gasteiger partial charge in [-0.3, -0.25) is 4.79 Å². The Morgan fingerprint density at radius 3 is 2.61 bits per heavy atom. The minimum Gasteiger partial charge on any atom is -0.465 e. The van der Waals surface area contributed by atoms with Crippen LogP contribution in [0.25, 0.3) is 0 Å². The maximum absolute atomic E-state index is 13.6. The predicted octanol–water partition coefficient (Wildman–Crippen LogP) is 4.62. The van der Waals surface area contributed by atoms with Crippen molar-refractivity contribution in [3.05, 3.63) is 80.3 Å². The zero-order valence-electron chi connectivity index (χ0n) is 20.4. The third-order valence-corrected chi connectivity index (χ3v) is 8.12. The number of Topliss-reactive ketones (excluding diaryl/α,β-unsaturated/α-hetero) is 1. The second-order valence-corrected chi connectivity index (χ2v) is 10.4. The van der Waals surface area contributed by atoms with Gasteiger partial charge in [0.2, 0.25) is 0 Å². The number of methoxy groups -OCH3 is 1. The number of esters is 2. The number of rotatable bonds is 6. The SMILES string of the molecule is COC(=O)c1ccc([C@@H]2C(C(=O)OC[C@@H]3CCCO3)=C(C)NC3=C2C(=O)C[C@@H](c2cccs2)C3)cc1. The third-order valence-electron chi connectivity index (χ3n) is 7.08. The van der Waals surface area contributed by atoms with Crippen LogP contribution < -0.4 is 5.32 Å². The van der Waals surface area contributed by atoms with Gasteiger partial charge in [0.1, 0.15) is 6.61 Å². The Hall–Kier alpha value is -3.23. The van der Waals surface area contributed by atoms with Gasteiger partial charge in [-0.2, -0.15) is 0 Å². The monoisotopic (exact) mass is 507 g/mol. The van der Waals surface area contributed by atoms with Crippen molar-refractivity contribution in [2.24, 2.45) is 0 Å². The molecule has 3 atom stereocenters. The van der Waals surface area contributed by atoms with Gasteiger partial charge < -0.3 is 19.5 Å². The minimum atomic E-state index is -0.582. The van der Waals surface area contributed by atoms with Crippen molar-refractivity contribution in [3.8, 4) is 0 Å². The number of ether oxygens (including phenoxy) is 3. The molecule has 36 heavy (non-hydrogen) atoms. The number of ketones is 1. The van der Waals surface area contributed by atoms with E-state index in [0.29, 0.717) is 41.9 Å². The quantitative estimate of drug-likeness (QED) is 0.571. The Morgan fingerprint density at radius 2 is 1.94 bits per heavy atom. The van der Waals surface area contributed by atoms with Crippen molar-refractivity contribution < 1.29 is 28.6 Å². The summed E-state index contributed by atoms with van der Waals surface area (Å²) in [6.07, 6.45) is 2.79. The maximum atomic E-state index is 13.6. The predicted molar refractivity (Wildman–Crippen MR) is 135 cm³/mol. The smallest absolute Gasteiger partial charge is 0.337 e. The summed E-state index contributed by atoms with van der Waals surface area (Å²) in [6.45, 7) is 2.71. The van der Waals surface area contributed by atoms with Crippen molar-refractivity contribution in [2.45, 2.75) is 50.5 Å². The zero-order valence-corrected chi connectivity index (χ0v) is 21.2. The fourth-order valence-corrected chi connectivity index (χ4v) is 6.15. The first-order valence-corrected chi connectivity index (χ1v) is 13.1. The topological polar surface area (TPSA) is 90.9 Å². The Labute approximate surface area is 214 Å². The molecule has 0 bridgehead atoms. The first-order chi connectivity index (χ1) is 17.5. The lowest BCUT2D eigenvalue weighted by molar-refractivity contribution is -0.142. The highest BCUT2D eigenvalue weighted by molar-refractivity contribution is 7.10. The molecule has 0 saturated carbocycles. The number of carbonyl (C=O) groups is 3. The van der Waals surface area contributed by atoms with Crippen LogP contribution in [0.1, 0.15) is 65.2 Å². The fraction of sp³-hybridized carbons (Fsp3) is 0.393. The molecule has 2 aromatic rings. The molecule has 0 radical (unpaired) electrons. The van der Waals surface area contributed by atoms with E-state index in [4.69, 9.17) is 14.2 Å². The molecule has 1 aliphatic carbocycles. The number of hydrogen-bond donors (Lipinski definition) is 1. The van der Waals surface area contributed by atoms with Crippen molar-refractivity contribution in [1.29, 1.82) is 0 Å². The van der Waals surface area contributed by atoms with E-state index in [1.807, 2.05) is 18.4 Å². The molecule has 1 aromatic heterocycles. The van der Waals surface area contributed by atoms with E-state index in [-0.39, 0.29) is 24.4 Å². The molecule has 3 heterocycles. The normalized spacial score (nSPS) is 23.8.